The average Bonchev–Trinajstić information content (AvgIpc) is 1.44. The van der Waals surface area contributed by atoms with Crippen LogP contribution in [0.15, 0.2) is 276 Å². The minimum Gasteiger partial charge on any atom is -0.455 e. The van der Waals surface area contributed by atoms with Gasteiger partial charge < -0.3 is 8.83 Å². The number of hydrogen-bond acceptors (Lipinski definition) is 2. The van der Waals surface area contributed by atoms with E-state index in [4.69, 9.17) is 8.83 Å². The Kier molecular flexibility index (Phi) is 11.5. The van der Waals surface area contributed by atoms with Crippen LogP contribution in [0.1, 0.15) is 52.7 Å². The van der Waals surface area contributed by atoms with E-state index in [1.807, 2.05) is 0 Å². The molecule has 418 valence electrons. The smallest absolute Gasteiger partial charge is 0.143 e. The van der Waals surface area contributed by atoms with Crippen molar-refractivity contribution < 1.29 is 8.83 Å². The van der Waals surface area contributed by atoms with Gasteiger partial charge >= 0.3 is 0 Å². The zero-order valence-electron chi connectivity index (χ0n) is 50.2. The van der Waals surface area contributed by atoms with E-state index in [0.717, 1.165) is 82.3 Å². The minimum absolute atomic E-state index is 0.0242. The summed E-state index contributed by atoms with van der Waals surface area (Å²) in [5.41, 5.74) is 20.5. The van der Waals surface area contributed by atoms with Gasteiger partial charge in [0.1, 0.15) is 22.3 Å². The highest BCUT2D eigenvalue weighted by Crippen LogP contribution is 2.50. The highest BCUT2D eigenvalue weighted by Gasteiger charge is 2.25. The van der Waals surface area contributed by atoms with Crippen molar-refractivity contribution in [2.75, 3.05) is 0 Å². The van der Waals surface area contributed by atoms with Crippen LogP contribution >= 0.6 is 0 Å². The van der Waals surface area contributed by atoms with Gasteiger partial charge in [-0.15, -0.1) is 0 Å². The molecule has 17 rings (SSSR count). The van der Waals surface area contributed by atoms with Crippen molar-refractivity contribution in [3.63, 3.8) is 0 Å². The Hall–Kier alpha value is -10.5. The first kappa shape index (κ1) is 51.8. The van der Waals surface area contributed by atoms with E-state index in [-0.39, 0.29) is 10.8 Å². The summed E-state index contributed by atoms with van der Waals surface area (Å²) in [6.07, 6.45) is 0. The molecule has 0 atom stereocenters. The lowest BCUT2D eigenvalue weighted by molar-refractivity contribution is 0.590. The van der Waals surface area contributed by atoms with Gasteiger partial charge in [0.25, 0.3) is 0 Å². The van der Waals surface area contributed by atoms with E-state index in [0.29, 0.717) is 0 Å². The lowest BCUT2D eigenvalue weighted by atomic mass is 9.79. The molecule has 2 aromatic heterocycles. The second-order valence-corrected chi connectivity index (χ2v) is 26.3. The summed E-state index contributed by atoms with van der Waals surface area (Å²) in [4.78, 5) is 0. The fraction of sp³-hybridized carbons (Fsp3) is 0.0930. The SMILES string of the molecule is CC(C)(C)c1ccc2c(-c3ccc4oc5c6cc(-c7cccc(-c8c9ccccc9c(-c9ccc%10oc%11c%12ccccc%12ccc%11c%10c9)c9cc(-c%10ccccc%10)ccc89)c7)ccc6ccc5c4c3)c3cc(C(C)(C)C)ccc3c(-c3ccccc3)c2c1. The van der Waals surface area contributed by atoms with E-state index in [1.165, 1.54) is 104 Å². The van der Waals surface area contributed by atoms with Crippen molar-refractivity contribution in [2.24, 2.45) is 0 Å². The molecule has 0 spiro atoms. The first-order valence-corrected chi connectivity index (χ1v) is 30.9. The van der Waals surface area contributed by atoms with Crippen molar-refractivity contribution >= 4 is 109 Å². The molecule has 0 saturated carbocycles. The van der Waals surface area contributed by atoms with Crippen molar-refractivity contribution in [1.82, 2.24) is 0 Å². The van der Waals surface area contributed by atoms with E-state index in [9.17, 15) is 0 Å². The van der Waals surface area contributed by atoms with Crippen LogP contribution in [0.4, 0.5) is 0 Å². The molecule has 0 bridgehead atoms. The molecule has 0 aliphatic rings. The van der Waals surface area contributed by atoms with Crippen LogP contribution in [0.5, 0.6) is 0 Å². The van der Waals surface area contributed by atoms with E-state index < -0.39 is 0 Å². The number of fused-ring (bicyclic) bond motifs is 14. The van der Waals surface area contributed by atoms with Gasteiger partial charge in [-0.2, -0.15) is 0 Å². The van der Waals surface area contributed by atoms with Crippen molar-refractivity contribution in [2.45, 2.75) is 52.4 Å². The Balaban J connectivity index is 0.824. The Morgan fingerprint density at radius 2 is 0.557 bits per heavy atom. The van der Waals surface area contributed by atoms with Crippen molar-refractivity contribution in [1.29, 1.82) is 0 Å². The molecule has 2 heterocycles. The number of hydrogen-bond donors (Lipinski definition) is 0. The minimum atomic E-state index is -0.0394. The quantitative estimate of drug-likeness (QED) is 0.155. The Morgan fingerprint density at radius 3 is 1.15 bits per heavy atom. The Bertz CT molecular complexity index is 5740. The predicted molar refractivity (Wildman–Crippen MR) is 376 cm³/mol. The fourth-order valence-corrected chi connectivity index (χ4v) is 14.4. The normalized spacial score (nSPS) is 12.4. The highest BCUT2D eigenvalue weighted by molar-refractivity contribution is 6.25. The van der Waals surface area contributed by atoms with Crippen LogP contribution in [0.2, 0.25) is 0 Å². The van der Waals surface area contributed by atoms with Crippen LogP contribution in [0.25, 0.3) is 175 Å². The number of furan rings is 2. The number of rotatable bonds is 6. The van der Waals surface area contributed by atoms with Gasteiger partial charge in [0.2, 0.25) is 0 Å². The van der Waals surface area contributed by atoms with E-state index in [2.05, 4.69) is 308 Å². The lowest BCUT2D eigenvalue weighted by Gasteiger charge is -2.25. The molecule has 0 radical (unpaired) electrons. The van der Waals surface area contributed by atoms with Crippen LogP contribution in [-0.4, -0.2) is 0 Å². The molecule has 15 aromatic carbocycles. The van der Waals surface area contributed by atoms with Crippen molar-refractivity contribution in [3.05, 3.63) is 278 Å². The third kappa shape index (κ3) is 8.23. The van der Waals surface area contributed by atoms with Crippen molar-refractivity contribution in [3.8, 4) is 66.8 Å². The van der Waals surface area contributed by atoms with E-state index in [1.54, 1.807) is 0 Å². The second kappa shape index (κ2) is 19.5. The molecule has 88 heavy (non-hydrogen) atoms. The maximum absolute atomic E-state index is 7.05. The third-order valence-electron chi connectivity index (χ3n) is 18.9. The average molecular weight is 1130 g/mol. The maximum Gasteiger partial charge on any atom is 0.143 e. The first-order valence-electron chi connectivity index (χ1n) is 30.9. The topological polar surface area (TPSA) is 26.3 Å². The summed E-state index contributed by atoms with van der Waals surface area (Å²) in [5, 5.41) is 18.8. The zero-order valence-corrected chi connectivity index (χ0v) is 50.2. The monoisotopic (exact) mass is 1130 g/mol. The Labute approximate surface area is 511 Å². The summed E-state index contributed by atoms with van der Waals surface area (Å²) < 4.78 is 13.7. The fourth-order valence-electron chi connectivity index (χ4n) is 14.4. The van der Waals surface area contributed by atoms with Gasteiger partial charge in [-0.25, -0.2) is 0 Å². The molecule has 17 aromatic rings. The van der Waals surface area contributed by atoms with Gasteiger partial charge in [0.15, 0.2) is 0 Å². The van der Waals surface area contributed by atoms with Crippen LogP contribution in [0, 0.1) is 0 Å². The van der Waals surface area contributed by atoms with Crippen LogP contribution < -0.4 is 0 Å². The Morgan fingerprint density at radius 1 is 0.205 bits per heavy atom. The standard InChI is InChI=1S/C86H62O2/c1-85(2,3)61-36-41-68-75(49-61)79(54-21-11-8-12-22-54)67-40-35-62(86(4,5)6)50-76(67)82(68)60-34-43-78-73(48-60)70-39-31-53-28-29-57(45-71(53)84(70)88-78)55-23-17-24-58(44-55)80-64-26-15-16-27-65(64)81(74-46-56(32-37-66(74)80)51-18-9-7-10-19-51)59-33-42-77-72(47-59)69-38-30-52-20-13-14-25-63(52)83(69)87-77/h7-50H,1-6H3. The summed E-state index contributed by atoms with van der Waals surface area (Å²) in [6.45, 7) is 13.9. The highest BCUT2D eigenvalue weighted by atomic mass is 16.3. The summed E-state index contributed by atoms with van der Waals surface area (Å²) in [5.74, 6) is 0. The maximum atomic E-state index is 7.05. The predicted octanol–water partition coefficient (Wildman–Crippen LogP) is 25.0. The second-order valence-electron chi connectivity index (χ2n) is 26.3. The molecule has 0 fully saturated rings. The molecular weight excluding hydrogens is 1060 g/mol. The molecular formula is C86H62O2. The summed E-state index contributed by atoms with van der Waals surface area (Å²) >= 11 is 0. The van der Waals surface area contributed by atoms with Gasteiger partial charge in [-0.1, -0.05) is 242 Å². The third-order valence-corrected chi connectivity index (χ3v) is 18.9. The zero-order chi connectivity index (χ0) is 59.2. The lowest BCUT2D eigenvalue weighted by Crippen LogP contribution is -2.11. The molecule has 0 saturated heterocycles. The molecule has 2 nitrogen and oxygen atoms in total. The van der Waals surface area contributed by atoms with Gasteiger partial charge in [0, 0.05) is 32.3 Å². The van der Waals surface area contributed by atoms with Gasteiger partial charge in [-0.05, 0) is 209 Å². The first-order chi connectivity index (χ1) is 42.9. The van der Waals surface area contributed by atoms with Crippen LogP contribution in [-0.2, 0) is 10.8 Å². The molecule has 0 amide bonds. The largest absolute Gasteiger partial charge is 0.455 e. The van der Waals surface area contributed by atoms with Crippen LogP contribution in [0.3, 0.4) is 0 Å². The molecule has 0 unspecified atom stereocenters. The van der Waals surface area contributed by atoms with Gasteiger partial charge in [-0.3, -0.25) is 0 Å². The van der Waals surface area contributed by atoms with E-state index >= 15 is 0 Å². The van der Waals surface area contributed by atoms with Gasteiger partial charge in [0.05, 0.1) is 0 Å². The molecule has 0 aliphatic carbocycles. The number of benzene rings is 15. The molecule has 2 heteroatoms. The molecule has 0 N–H and O–H groups in total. The molecule has 0 aliphatic heterocycles. The summed E-state index contributed by atoms with van der Waals surface area (Å²) in [6, 6.07) is 99.2. The summed E-state index contributed by atoms with van der Waals surface area (Å²) in [7, 11) is 0.